The maximum Gasteiger partial charge on any atom is 0.0682 e. The third kappa shape index (κ3) is 1.68. The normalized spacial score (nSPS) is 11.1. The lowest BCUT2D eigenvalue weighted by atomic mass is 10.1. The van der Waals surface area contributed by atoms with Gasteiger partial charge in [0.15, 0.2) is 0 Å². The SMILES string of the molecule is CCc1cc(CO)cc2scc(I)c12. The number of aliphatic hydroxyl groups is 1. The van der Waals surface area contributed by atoms with Gasteiger partial charge in [-0.15, -0.1) is 11.3 Å². The van der Waals surface area contributed by atoms with Crippen molar-refractivity contribution < 1.29 is 5.11 Å². The molecule has 3 heteroatoms. The molecule has 0 atom stereocenters. The van der Waals surface area contributed by atoms with Crippen LogP contribution in [0.3, 0.4) is 0 Å². The second kappa shape index (κ2) is 4.16. The van der Waals surface area contributed by atoms with Crippen molar-refractivity contribution in [2.24, 2.45) is 0 Å². The molecule has 0 unspecified atom stereocenters. The molecule has 74 valence electrons. The quantitative estimate of drug-likeness (QED) is 0.840. The van der Waals surface area contributed by atoms with E-state index in [0.717, 1.165) is 12.0 Å². The molecule has 1 heterocycles. The second-order valence-corrected chi connectivity index (χ2v) is 5.30. The highest BCUT2D eigenvalue weighted by Crippen LogP contribution is 2.31. The van der Waals surface area contributed by atoms with E-state index in [1.165, 1.54) is 19.2 Å². The maximum atomic E-state index is 9.13. The highest BCUT2D eigenvalue weighted by molar-refractivity contribution is 14.1. The zero-order valence-electron chi connectivity index (χ0n) is 7.88. The van der Waals surface area contributed by atoms with Crippen LogP contribution < -0.4 is 0 Å². The van der Waals surface area contributed by atoms with Gasteiger partial charge in [-0.05, 0) is 46.2 Å². The molecule has 0 radical (unpaired) electrons. The van der Waals surface area contributed by atoms with Crippen molar-refractivity contribution in [1.29, 1.82) is 0 Å². The van der Waals surface area contributed by atoms with E-state index >= 15 is 0 Å². The summed E-state index contributed by atoms with van der Waals surface area (Å²) >= 11 is 4.13. The number of benzene rings is 1. The third-order valence-electron chi connectivity index (χ3n) is 2.34. The van der Waals surface area contributed by atoms with Gasteiger partial charge >= 0.3 is 0 Å². The number of hydrogen-bond donors (Lipinski definition) is 1. The Kier molecular flexibility index (Phi) is 3.09. The smallest absolute Gasteiger partial charge is 0.0682 e. The first kappa shape index (κ1) is 10.4. The Morgan fingerprint density at radius 2 is 2.21 bits per heavy atom. The summed E-state index contributed by atoms with van der Waals surface area (Å²) in [6.45, 7) is 2.29. The molecule has 0 saturated heterocycles. The van der Waals surface area contributed by atoms with E-state index in [2.05, 4.69) is 47.0 Å². The Morgan fingerprint density at radius 3 is 2.86 bits per heavy atom. The van der Waals surface area contributed by atoms with Crippen LogP contribution in [0.2, 0.25) is 0 Å². The molecule has 0 spiro atoms. The summed E-state index contributed by atoms with van der Waals surface area (Å²) in [6, 6.07) is 4.19. The number of hydrogen-bond acceptors (Lipinski definition) is 2. The first-order valence-electron chi connectivity index (χ1n) is 4.55. The van der Waals surface area contributed by atoms with E-state index in [9.17, 15) is 0 Å². The van der Waals surface area contributed by atoms with Crippen molar-refractivity contribution in [2.45, 2.75) is 20.0 Å². The predicted octanol–water partition coefficient (Wildman–Crippen LogP) is 3.56. The van der Waals surface area contributed by atoms with E-state index in [4.69, 9.17) is 5.11 Å². The number of aliphatic hydroxyl groups excluding tert-OH is 1. The fourth-order valence-electron chi connectivity index (χ4n) is 1.64. The van der Waals surface area contributed by atoms with Crippen LogP contribution in [0.15, 0.2) is 17.5 Å². The van der Waals surface area contributed by atoms with Crippen LogP contribution in [-0.4, -0.2) is 5.11 Å². The highest BCUT2D eigenvalue weighted by Gasteiger charge is 2.07. The van der Waals surface area contributed by atoms with Crippen LogP contribution in [-0.2, 0) is 13.0 Å². The number of fused-ring (bicyclic) bond motifs is 1. The fourth-order valence-corrected chi connectivity index (χ4v) is 3.77. The third-order valence-corrected chi connectivity index (χ3v) is 4.54. The summed E-state index contributed by atoms with van der Waals surface area (Å²) in [4.78, 5) is 0. The van der Waals surface area contributed by atoms with E-state index < -0.39 is 0 Å². The molecule has 0 amide bonds. The maximum absolute atomic E-state index is 9.13. The summed E-state index contributed by atoms with van der Waals surface area (Å²) in [5.41, 5.74) is 2.37. The van der Waals surface area contributed by atoms with Gasteiger partial charge in [0.2, 0.25) is 0 Å². The summed E-state index contributed by atoms with van der Waals surface area (Å²) in [6.07, 6.45) is 1.02. The predicted molar refractivity (Wildman–Crippen MR) is 69.8 cm³/mol. The monoisotopic (exact) mass is 318 g/mol. The van der Waals surface area contributed by atoms with Crippen molar-refractivity contribution in [1.82, 2.24) is 0 Å². The molecule has 1 N–H and O–H groups in total. The summed E-state index contributed by atoms with van der Waals surface area (Å²) < 4.78 is 2.61. The minimum atomic E-state index is 0.136. The second-order valence-electron chi connectivity index (χ2n) is 3.22. The number of halogens is 1. The van der Waals surface area contributed by atoms with Crippen molar-refractivity contribution in [3.63, 3.8) is 0 Å². The van der Waals surface area contributed by atoms with Gasteiger partial charge in [0.1, 0.15) is 0 Å². The van der Waals surface area contributed by atoms with Gasteiger partial charge in [0.05, 0.1) is 6.61 Å². The van der Waals surface area contributed by atoms with Crippen LogP contribution in [0.1, 0.15) is 18.1 Å². The molecular formula is C11H11IOS. The Labute approximate surface area is 101 Å². The molecule has 1 aromatic carbocycles. The zero-order valence-corrected chi connectivity index (χ0v) is 10.9. The number of aryl methyl sites for hydroxylation is 1. The van der Waals surface area contributed by atoms with Gasteiger partial charge in [-0.25, -0.2) is 0 Å². The Bertz CT molecular complexity index is 462. The van der Waals surface area contributed by atoms with E-state index in [1.807, 2.05) is 0 Å². The van der Waals surface area contributed by atoms with Crippen LogP contribution in [0.25, 0.3) is 10.1 Å². The average molecular weight is 318 g/mol. The molecule has 1 nitrogen and oxygen atoms in total. The minimum absolute atomic E-state index is 0.136. The van der Waals surface area contributed by atoms with E-state index in [0.29, 0.717) is 0 Å². The fraction of sp³-hybridized carbons (Fsp3) is 0.273. The number of rotatable bonds is 2. The topological polar surface area (TPSA) is 20.2 Å². The van der Waals surface area contributed by atoms with Gasteiger partial charge in [0.25, 0.3) is 0 Å². The largest absolute Gasteiger partial charge is 0.392 e. The van der Waals surface area contributed by atoms with Crippen molar-refractivity contribution >= 4 is 44.0 Å². The standard InChI is InChI=1S/C11H11IOS/c1-2-8-3-7(5-13)4-10-11(8)9(12)6-14-10/h3-4,6,13H,2,5H2,1H3. The molecule has 0 bridgehead atoms. The Morgan fingerprint density at radius 1 is 1.43 bits per heavy atom. The molecule has 0 aliphatic carbocycles. The molecular weight excluding hydrogens is 307 g/mol. The summed E-state index contributed by atoms with van der Waals surface area (Å²) in [5, 5.41) is 12.7. The first-order valence-corrected chi connectivity index (χ1v) is 6.51. The average Bonchev–Trinajstić information content (AvgIpc) is 2.59. The van der Waals surface area contributed by atoms with E-state index in [-0.39, 0.29) is 6.61 Å². The first-order chi connectivity index (χ1) is 6.76. The molecule has 0 aliphatic rings. The molecule has 0 aliphatic heterocycles. The van der Waals surface area contributed by atoms with Crippen molar-refractivity contribution in [3.8, 4) is 0 Å². The van der Waals surface area contributed by atoms with Gasteiger partial charge in [0, 0.05) is 19.0 Å². The molecule has 0 saturated carbocycles. The van der Waals surface area contributed by atoms with Crippen LogP contribution in [0.4, 0.5) is 0 Å². The minimum Gasteiger partial charge on any atom is -0.392 e. The van der Waals surface area contributed by atoms with Crippen LogP contribution in [0, 0.1) is 3.57 Å². The molecule has 1 aromatic heterocycles. The van der Waals surface area contributed by atoms with Crippen LogP contribution in [0.5, 0.6) is 0 Å². The lowest BCUT2D eigenvalue weighted by Gasteiger charge is -2.04. The molecule has 0 fully saturated rings. The van der Waals surface area contributed by atoms with Gasteiger partial charge in [-0.1, -0.05) is 13.0 Å². The van der Waals surface area contributed by atoms with E-state index in [1.54, 1.807) is 11.3 Å². The Hall–Kier alpha value is -0.130. The Balaban J connectivity index is 2.76. The lowest BCUT2D eigenvalue weighted by molar-refractivity contribution is 0.282. The number of thiophene rings is 1. The van der Waals surface area contributed by atoms with Gasteiger partial charge < -0.3 is 5.11 Å². The van der Waals surface area contributed by atoms with Crippen molar-refractivity contribution in [2.75, 3.05) is 0 Å². The summed E-state index contributed by atoms with van der Waals surface area (Å²) in [5.74, 6) is 0. The highest BCUT2D eigenvalue weighted by atomic mass is 127. The molecule has 2 aromatic rings. The summed E-state index contributed by atoms with van der Waals surface area (Å²) in [7, 11) is 0. The molecule has 14 heavy (non-hydrogen) atoms. The van der Waals surface area contributed by atoms with Gasteiger partial charge in [-0.3, -0.25) is 0 Å². The zero-order chi connectivity index (χ0) is 10.1. The van der Waals surface area contributed by atoms with Gasteiger partial charge in [-0.2, -0.15) is 0 Å². The van der Waals surface area contributed by atoms with Crippen molar-refractivity contribution in [3.05, 3.63) is 32.2 Å². The molecule has 2 rings (SSSR count). The van der Waals surface area contributed by atoms with Crippen LogP contribution >= 0.6 is 33.9 Å². The lowest BCUT2D eigenvalue weighted by Crippen LogP contribution is -1.88.